The zero-order valence-corrected chi connectivity index (χ0v) is 12.7. The Morgan fingerprint density at radius 2 is 1.96 bits per heavy atom. The average Bonchev–Trinajstić information content (AvgIpc) is 2.58. The number of H-pyrrole nitrogens is 2. The Morgan fingerprint density at radius 1 is 1.17 bits per heavy atom. The Hall–Kier alpha value is -3.16. The molecule has 3 rings (SSSR count). The van der Waals surface area contributed by atoms with Gasteiger partial charge in [0.15, 0.2) is 6.61 Å². The molecule has 0 aliphatic carbocycles. The first-order valence-electron chi connectivity index (χ1n) is 7.43. The number of ether oxygens (including phenoxy) is 1. The van der Waals surface area contributed by atoms with Crippen LogP contribution in [-0.4, -0.2) is 35.0 Å². The number of hydrogen-bond donors (Lipinski definition) is 2. The Balaban J connectivity index is 1.69. The smallest absolute Gasteiger partial charge is 0.355 e. The molecule has 2 aromatic rings. The van der Waals surface area contributed by atoms with Crippen molar-refractivity contribution in [2.75, 3.05) is 18.1 Å². The molecule has 1 aliphatic rings. The zero-order chi connectivity index (χ0) is 17.1. The molecule has 1 aromatic heterocycles. The molecule has 0 radical (unpaired) electrons. The number of esters is 1. The molecule has 1 aliphatic heterocycles. The second kappa shape index (κ2) is 6.53. The fraction of sp³-hybridized carbons (Fsp3) is 0.250. The number of amides is 1. The van der Waals surface area contributed by atoms with E-state index >= 15 is 0 Å². The summed E-state index contributed by atoms with van der Waals surface area (Å²) in [6.45, 7) is 0.0806. The van der Waals surface area contributed by atoms with E-state index in [0.717, 1.165) is 30.2 Å². The highest BCUT2D eigenvalue weighted by atomic mass is 16.5. The molecule has 8 heteroatoms. The van der Waals surface area contributed by atoms with Crippen LogP contribution in [0.15, 0.2) is 39.9 Å². The number of aryl methyl sites for hydroxylation is 1. The van der Waals surface area contributed by atoms with Gasteiger partial charge >= 0.3 is 11.7 Å². The van der Waals surface area contributed by atoms with Crippen LogP contribution in [0.5, 0.6) is 0 Å². The molecule has 0 unspecified atom stereocenters. The van der Waals surface area contributed by atoms with Gasteiger partial charge in [-0.2, -0.15) is 0 Å². The fourth-order valence-corrected chi connectivity index (χ4v) is 2.65. The van der Waals surface area contributed by atoms with E-state index in [1.807, 2.05) is 29.2 Å². The lowest BCUT2D eigenvalue weighted by Crippen LogP contribution is -2.38. The highest BCUT2D eigenvalue weighted by molar-refractivity contribution is 5.97. The number of anilines is 1. The van der Waals surface area contributed by atoms with Crippen LogP contribution in [0.4, 0.5) is 5.69 Å². The van der Waals surface area contributed by atoms with Crippen LogP contribution >= 0.6 is 0 Å². The van der Waals surface area contributed by atoms with Crippen LogP contribution in [0.25, 0.3) is 0 Å². The molecule has 0 spiro atoms. The second-order valence-electron chi connectivity index (χ2n) is 5.36. The third-order valence-corrected chi connectivity index (χ3v) is 3.72. The van der Waals surface area contributed by atoms with E-state index in [-0.39, 0.29) is 11.6 Å². The van der Waals surface area contributed by atoms with Crippen molar-refractivity contribution in [3.63, 3.8) is 0 Å². The van der Waals surface area contributed by atoms with Crippen LogP contribution < -0.4 is 16.1 Å². The molecule has 0 atom stereocenters. The first kappa shape index (κ1) is 15.7. The number of aromatic nitrogens is 2. The van der Waals surface area contributed by atoms with E-state index in [1.165, 1.54) is 0 Å². The summed E-state index contributed by atoms with van der Waals surface area (Å²) >= 11 is 0. The van der Waals surface area contributed by atoms with Crippen LogP contribution in [0.3, 0.4) is 0 Å². The summed E-state index contributed by atoms with van der Waals surface area (Å²) in [5, 5.41) is 0. The SMILES string of the molecule is O=C(OCC(=O)N1CCCc2ccccc21)c1cc(=O)[nH]c(=O)[nH]1. The molecular weight excluding hydrogens is 314 g/mol. The predicted molar refractivity (Wildman–Crippen MR) is 85.1 cm³/mol. The molecular formula is C16H15N3O5. The second-order valence-corrected chi connectivity index (χ2v) is 5.36. The van der Waals surface area contributed by atoms with Gasteiger partial charge in [0.05, 0.1) is 0 Å². The summed E-state index contributed by atoms with van der Waals surface area (Å²) in [6.07, 6.45) is 1.73. The highest BCUT2D eigenvalue weighted by Gasteiger charge is 2.23. The lowest BCUT2D eigenvalue weighted by Gasteiger charge is -2.29. The lowest BCUT2D eigenvalue weighted by molar-refractivity contribution is -0.121. The van der Waals surface area contributed by atoms with Gasteiger partial charge < -0.3 is 14.6 Å². The standard InChI is InChI=1S/C16H15N3O5/c20-13-8-11(17-16(23)18-13)15(22)24-9-14(21)19-7-3-5-10-4-1-2-6-12(10)19/h1-2,4,6,8H,3,5,7,9H2,(H2,17,18,20,23). The van der Waals surface area contributed by atoms with Crippen molar-refractivity contribution in [1.29, 1.82) is 0 Å². The lowest BCUT2D eigenvalue weighted by atomic mass is 10.0. The van der Waals surface area contributed by atoms with E-state index < -0.39 is 23.8 Å². The Kier molecular flexibility index (Phi) is 4.28. The minimum atomic E-state index is -0.933. The molecule has 124 valence electrons. The maximum Gasteiger partial charge on any atom is 0.355 e. The van der Waals surface area contributed by atoms with Crippen molar-refractivity contribution in [2.45, 2.75) is 12.8 Å². The third kappa shape index (κ3) is 3.27. The van der Waals surface area contributed by atoms with Crippen molar-refractivity contribution in [3.8, 4) is 0 Å². The summed E-state index contributed by atoms with van der Waals surface area (Å²) in [5.74, 6) is -1.29. The van der Waals surface area contributed by atoms with E-state index in [0.29, 0.717) is 6.54 Å². The van der Waals surface area contributed by atoms with Crippen molar-refractivity contribution in [2.24, 2.45) is 0 Å². The number of benzene rings is 1. The number of hydrogen-bond acceptors (Lipinski definition) is 5. The summed E-state index contributed by atoms with van der Waals surface area (Å²) in [7, 11) is 0. The molecule has 0 saturated heterocycles. The monoisotopic (exact) mass is 329 g/mol. The Bertz CT molecular complexity index is 871. The average molecular weight is 329 g/mol. The van der Waals surface area contributed by atoms with Gasteiger partial charge in [-0.25, -0.2) is 9.59 Å². The van der Waals surface area contributed by atoms with Crippen LogP contribution in [-0.2, 0) is 16.0 Å². The summed E-state index contributed by atoms with van der Waals surface area (Å²) in [5.41, 5.74) is 0.0556. The number of nitrogens with zero attached hydrogens (tertiary/aromatic N) is 1. The largest absolute Gasteiger partial charge is 0.451 e. The predicted octanol–water partition coefficient (Wildman–Crippen LogP) is 0.199. The Labute approximate surface area is 136 Å². The maximum atomic E-state index is 12.3. The van der Waals surface area contributed by atoms with Crippen LogP contribution in [0.1, 0.15) is 22.5 Å². The molecule has 1 amide bonds. The van der Waals surface area contributed by atoms with Gasteiger partial charge in [0, 0.05) is 18.3 Å². The molecule has 24 heavy (non-hydrogen) atoms. The molecule has 2 heterocycles. The minimum Gasteiger partial charge on any atom is -0.451 e. The summed E-state index contributed by atoms with van der Waals surface area (Å²) in [4.78, 5) is 52.2. The highest BCUT2D eigenvalue weighted by Crippen LogP contribution is 2.26. The number of fused-ring (bicyclic) bond motifs is 1. The molecule has 1 aromatic carbocycles. The third-order valence-electron chi connectivity index (χ3n) is 3.72. The van der Waals surface area contributed by atoms with E-state index in [2.05, 4.69) is 4.98 Å². The zero-order valence-electron chi connectivity index (χ0n) is 12.7. The fourth-order valence-electron chi connectivity index (χ4n) is 2.65. The first-order valence-corrected chi connectivity index (χ1v) is 7.43. The topological polar surface area (TPSA) is 112 Å². The number of aromatic amines is 2. The van der Waals surface area contributed by atoms with Gasteiger partial charge in [-0.05, 0) is 24.5 Å². The molecule has 0 bridgehead atoms. The molecule has 0 saturated carbocycles. The minimum absolute atomic E-state index is 0.296. The number of carbonyl (C=O) groups is 2. The normalized spacial score (nSPS) is 13.2. The van der Waals surface area contributed by atoms with Crippen molar-refractivity contribution in [1.82, 2.24) is 9.97 Å². The number of para-hydroxylation sites is 1. The van der Waals surface area contributed by atoms with Crippen molar-refractivity contribution < 1.29 is 14.3 Å². The number of rotatable bonds is 3. The van der Waals surface area contributed by atoms with Gasteiger partial charge in [0.25, 0.3) is 11.5 Å². The molecule has 0 fully saturated rings. The van der Waals surface area contributed by atoms with Gasteiger partial charge in [0.2, 0.25) is 0 Å². The quantitative estimate of drug-likeness (QED) is 0.781. The van der Waals surface area contributed by atoms with Crippen LogP contribution in [0, 0.1) is 0 Å². The van der Waals surface area contributed by atoms with Gasteiger partial charge in [0.1, 0.15) is 5.69 Å². The van der Waals surface area contributed by atoms with Gasteiger partial charge in [-0.1, -0.05) is 18.2 Å². The number of carbonyl (C=O) groups excluding carboxylic acids is 2. The van der Waals surface area contributed by atoms with Gasteiger partial charge in [-0.15, -0.1) is 0 Å². The van der Waals surface area contributed by atoms with E-state index in [1.54, 1.807) is 4.90 Å². The van der Waals surface area contributed by atoms with Crippen molar-refractivity contribution in [3.05, 3.63) is 62.4 Å². The Morgan fingerprint density at radius 3 is 2.75 bits per heavy atom. The summed E-state index contributed by atoms with van der Waals surface area (Å²) < 4.78 is 4.92. The van der Waals surface area contributed by atoms with Crippen LogP contribution in [0.2, 0.25) is 0 Å². The van der Waals surface area contributed by atoms with E-state index in [9.17, 15) is 19.2 Å². The number of nitrogens with one attached hydrogen (secondary N) is 2. The maximum absolute atomic E-state index is 12.3. The molecule has 2 N–H and O–H groups in total. The summed E-state index contributed by atoms with van der Waals surface area (Å²) in [6, 6.07) is 8.47. The first-order chi connectivity index (χ1) is 11.5. The van der Waals surface area contributed by atoms with Gasteiger partial charge in [-0.3, -0.25) is 14.6 Å². The molecule has 8 nitrogen and oxygen atoms in total. The van der Waals surface area contributed by atoms with Crippen molar-refractivity contribution >= 4 is 17.6 Å². The van der Waals surface area contributed by atoms with E-state index in [4.69, 9.17) is 4.74 Å².